The number of dihydropyridines is 1. The highest BCUT2D eigenvalue weighted by molar-refractivity contribution is 8.02. The molecule has 1 aromatic carbocycles. The molecule has 0 spiro atoms. The van der Waals surface area contributed by atoms with Gasteiger partial charge in [0.15, 0.2) is 0 Å². The molecule has 0 aromatic heterocycles. The third-order valence-corrected chi connectivity index (χ3v) is 4.21. The molecule has 0 fully saturated rings. The summed E-state index contributed by atoms with van der Waals surface area (Å²) in [7, 11) is 0. The van der Waals surface area contributed by atoms with Crippen LogP contribution in [-0.4, -0.2) is 18.8 Å². The number of hydrogen-bond acceptors (Lipinski definition) is 5. The van der Waals surface area contributed by atoms with E-state index < -0.39 is 5.92 Å². The lowest BCUT2D eigenvalue weighted by molar-refractivity contribution is -0.138. The zero-order chi connectivity index (χ0) is 16.1. The molecule has 1 heterocycles. The Morgan fingerprint density at radius 1 is 1.41 bits per heavy atom. The largest absolute Gasteiger partial charge is 0.463 e. The van der Waals surface area contributed by atoms with Crippen LogP contribution in [0.5, 0.6) is 0 Å². The van der Waals surface area contributed by atoms with E-state index in [-0.39, 0.29) is 5.97 Å². The Morgan fingerprint density at radius 3 is 2.64 bits per heavy atom. The van der Waals surface area contributed by atoms with Crippen LogP contribution in [0.2, 0.25) is 0 Å². The molecule has 0 unspecified atom stereocenters. The number of hydrogen-bond donors (Lipinski definition) is 1. The topological polar surface area (TPSA) is 62.1 Å². The quantitative estimate of drug-likeness (QED) is 0.864. The molecule has 0 bridgehead atoms. The van der Waals surface area contributed by atoms with Crippen LogP contribution < -0.4 is 5.32 Å². The Hall–Kier alpha value is -2.19. The van der Waals surface area contributed by atoms with Gasteiger partial charge in [0.25, 0.3) is 0 Å². The van der Waals surface area contributed by atoms with Crippen LogP contribution >= 0.6 is 11.8 Å². The average Bonchev–Trinajstić information content (AvgIpc) is 2.54. The second kappa shape index (κ2) is 7.19. The maximum atomic E-state index is 12.4. The number of rotatable bonds is 4. The van der Waals surface area contributed by atoms with Gasteiger partial charge in [-0.2, -0.15) is 5.26 Å². The number of carbonyl (C=O) groups excluding carboxylic acids is 1. The minimum atomic E-state index is -0.394. The van der Waals surface area contributed by atoms with E-state index in [9.17, 15) is 10.1 Å². The Balaban J connectivity index is 2.61. The van der Waals surface area contributed by atoms with Gasteiger partial charge in [-0.15, -0.1) is 11.8 Å². The van der Waals surface area contributed by atoms with Gasteiger partial charge in [-0.3, -0.25) is 0 Å². The van der Waals surface area contributed by atoms with Crippen molar-refractivity contribution in [2.45, 2.75) is 19.8 Å². The van der Waals surface area contributed by atoms with Gasteiger partial charge >= 0.3 is 5.97 Å². The van der Waals surface area contributed by atoms with Gasteiger partial charge in [-0.1, -0.05) is 30.3 Å². The monoisotopic (exact) mass is 314 g/mol. The fraction of sp³-hybridized carbons (Fsp3) is 0.294. The third-order valence-electron chi connectivity index (χ3n) is 3.48. The summed E-state index contributed by atoms with van der Waals surface area (Å²) in [6.45, 7) is 3.92. The fourth-order valence-electron chi connectivity index (χ4n) is 2.53. The van der Waals surface area contributed by atoms with Crippen molar-refractivity contribution in [3.8, 4) is 6.07 Å². The van der Waals surface area contributed by atoms with Gasteiger partial charge in [0, 0.05) is 5.70 Å². The van der Waals surface area contributed by atoms with E-state index in [2.05, 4.69) is 11.4 Å². The smallest absolute Gasteiger partial charge is 0.336 e. The van der Waals surface area contributed by atoms with Gasteiger partial charge in [-0.25, -0.2) is 4.79 Å². The molecule has 1 atom stereocenters. The van der Waals surface area contributed by atoms with Crippen LogP contribution in [0.25, 0.3) is 0 Å². The second-order valence-electron chi connectivity index (χ2n) is 4.79. The maximum Gasteiger partial charge on any atom is 0.336 e. The van der Waals surface area contributed by atoms with Gasteiger partial charge in [0.1, 0.15) is 0 Å². The number of esters is 1. The first-order chi connectivity index (χ1) is 10.6. The van der Waals surface area contributed by atoms with E-state index in [0.717, 1.165) is 16.3 Å². The second-order valence-corrected chi connectivity index (χ2v) is 5.60. The molecule has 1 aromatic rings. The molecular weight excluding hydrogens is 296 g/mol. The SMILES string of the molecule is CCOC(=O)C1=C(C)NC(SC)=C(C#N)[C@H]1c1ccccc1. The predicted octanol–water partition coefficient (Wildman–Crippen LogP) is 3.31. The van der Waals surface area contributed by atoms with E-state index in [4.69, 9.17) is 4.74 Å². The first kappa shape index (κ1) is 16.2. The van der Waals surface area contributed by atoms with Crippen molar-refractivity contribution in [2.24, 2.45) is 0 Å². The van der Waals surface area contributed by atoms with Crippen molar-refractivity contribution < 1.29 is 9.53 Å². The van der Waals surface area contributed by atoms with Crippen molar-refractivity contribution in [2.75, 3.05) is 12.9 Å². The lowest BCUT2D eigenvalue weighted by atomic mass is 9.82. The molecule has 2 rings (SSSR count). The van der Waals surface area contributed by atoms with Crippen molar-refractivity contribution >= 4 is 17.7 Å². The number of nitrogens with one attached hydrogen (secondary N) is 1. The number of allylic oxidation sites excluding steroid dienone is 2. The summed E-state index contributed by atoms with van der Waals surface area (Å²) >= 11 is 1.47. The Kier molecular flexibility index (Phi) is 5.29. The summed E-state index contributed by atoms with van der Waals surface area (Å²) in [6.07, 6.45) is 1.91. The molecule has 22 heavy (non-hydrogen) atoms. The molecule has 1 aliphatic rings. The number of thioether (sulfide) groups is 1. The molecule has 0 amide bonds. The summed E-state index contributed by atoms with van der Waals surface area (Å²) in [5, 5.41) is 13.5. The van der Waals surface area contributed by atoms with Crippen molar-refractivity contribution in [3.63, 3.8) is 0 Å². The number of nitrogens with zero attached hydrogens (tertiary/aromatic N) is 1. The molecule has 0 radical (unpaired) electrons. The van der Waals surface area contributed by atoms with Gasteiger partial charge in [0.2, 0.25) is 0 Å². The average molecular weight is 314 g/mol. The highest BCUT2D eigenvalue weighted by Crippen LogP contribution is 2.40. The number of carbonyl (C=O) groups is 1. The zero-order valence-corrected chi connectivity index (χ0v) is 13.7. The van der Waals surface area contributed by atoms with Crippen molar-refractivity contribution in [1.29, 1.82) is 5.26 Å². The van der Waals surface area contributed by atoms with Gasteiger partial charge in [-0.05, 0) is 25.7 Å². The van der Waals surface area contributed by atoms with Crippen molar-refractivity contribution in [1.82, 2.24) is 5.32 Å². The van der Waals surface area contributed by atoms with E-state index in [1.54, 1.807) is 6.92 Å². The van der Waals surface area contributed by atoms with E-state index in [1.807, 2.05) is 43.5 Å². The maximum absolute atomic E-state index is 12.4. The molecular formula is C17H18N2O2S. The highest BCUT2D eigenvalue weighted by atomic mass is 32.2. The lowest BCUT2D eigenvalue weighted by Gasteiger charge is -2.28. The van der Waals surface area contributed by atoms with Crippen LogP contribution in [0, 0.1) is 11.3 Å². The summed E-state index contributed by atoms with van der Waals surface area (Å²) in [5.74, 6) is -0.775. The number of ether oxygens (including phenoxy) is 1. The van der Waals surface area contributed by atoms with Gasteiger partial charge < -0.3 is 10.1 Å². The molecule has 0 aliphatic carbocycles. The molecule has 5 heteroatoms. The Morgan fingerprint density at radius 2 is 2.09 bits per heavy atom. The summed E-state index contributed by atoms with van der Waals surface area (Å²) in [6, 6.07) is 11.8. The fourth-order valence-corrected chi connectivity index (χ4v) is 3.17. The minimum Gasteiger partial charge on any atom is -0.463 e. The summed E-state index contributed by atoms with van der Waals surface area (Å²) in [5.41, 5.74) is 2.69. The standard InChI is InChI=1S/C17H18N2O2S/c1-4-21-17(20)14-11(2)19-16(22-3)13(10-18)15(14)12-8-6-5-7-9-12/h5-9,15,19H,4H2,1-3H3/t15-/m1/s1. The summed E-state index contributed by atoms with van der Waals surface area (Å²) in [4.78, 5) is 12.4. The molecule has 1 N–H and O–H groups in total. The number of nitriles is 1. The van der Waals surface area contributed by atoms with E-state index >= 15 is 0 Å². The van der Waals surface area contributed by atoms with Crippen molar-refractivity contribution in [3.05, 3.63) is 57.8 Å². The third kappa shape index (κ3) is 3.02. The highest BCUT2D eigenvalue weighted by Gasteiger charge is 2.34. The minimum absolute atomic E-state index is 0.304. The predicted molar refractivity (Wildman–Crippen MR) is 87.8 cm³/mol. The molecule has 1 aliphatic heterocycles. The lowest BCUT2D eigenvalue weighted by Crippen LogP contribution is -2.28. The molecule has 114 valence electrons. The van der Waals surface area contributed by atoms with Crippen LogP contribution in [-0.2, 0) is 9.53 Å². The van der Waals surface area contributed by atoms with Gasteiger partial charge in [0.05, 0.1) is 34.8 Å². The number of benzene rings is 1. The van der Waals surface area contributed by atoms with Crippen LogP contribution in [0.1, 0.15) is 25.3 Å². The van der Waals surface area contributed by atoms with Crippen LogP contribution in [0.15, 0.2) is 52.2 Å². The molecule has 0 saturated carbocycles. The van der Waals surface area contributed by atoms with E-state index in [1.165, 1.54) is 11.8 Å². The first-order valence-corrected chi connectivity index (χ1v) is 8.24. The van der Waals surface area contributed by atoms with Crippen LogP contribution in [0.3, 0.4) is 0 Å². The summed E-state index contributed by atoms with van der Waals surface area (Å²) < 4.78 is 5.19. The molecule has 0 saturated heterocycles. The normalized spacial score (nSPS) is 17.8. The Bertz CT molecular complexity index is 672. The van der Waals surface area contributed by atoms with E-state index in [0.29, 0.717) is 17.8 Å². The molecule has 4 nitrogen and oxygen atoms in total. The Labute approximate surface area is 134 Å². The van der Waals surface area contributed by atoms with Crippen LogP contribution in [0.4, 0.5) is 0 Å². The first-order valence-electron chi connectivity index (χ1n) is 7.02. The zero-order valence-electron chi connectivity index (χ0n) is 12.8.